The van der Waals surface area contributed by atoms with Crippen molar-refractivity contribution in [1.29, 1.82) is 0 Å². The standard InChI is InChI=1S/C28H23Cl2NO4/c1-34-28(33)25(16-18-7-3-2-4-8-18)31-27(32)22-13-12-20-9-5-6-10-21(20)26(22)35-17-19-11-14-23(29)24(30)15-19/h2-15,25H,16-17H2,1H3,(H,31,32)/t25-/m0/s1. The molecule has 0 spiro atoms. The summed E-state index contributed by atoms with van der Waals surface area (Å²) < 4.78 is 11.1. The molecule has 0 aliphatic carbocycles. The van der Waals surface area contributed by atoms with E-state index in [0.29, 0.717) is 27.8 Å². The van der Waals surface area contributed by atoms with Gasteiger partial charge in [0.05, 0.1) is 22.7 Å². The lowest BCUT2D eigenvalue weighted by Gasteiger charge is -2.19. The topological polar surface area (TPSA) is 64.6 Å². The molecular weight excluding hydrogens is 485 g/mol. The normalized spacial score (nSPS) is 11.6. The van der Waals surface area contributed by atoms with Crippen molar-refractivity contribution in [1.82, 2.24) is 5.32 Å². The van der Waals surface area contributed by atoms with Gasteiger partial charge in [-0.1, -0.05) is 89.9 Å². The molecule has 0 heterocycles. The van der Waals surface area contributed by atoms with Gasteiger partial charge >= 0.3 is 5.97 Å². The van der Waals surface area contributed by atoms with Crippen molar-refractivity contribution in [3.63, 3.8) is 0 Å². The summed E-state index contributed by atoms with van der Waals surface area (Å²) in [5, 5.41) is 5.39. The van der Waals surface area contributed by atoms with Crippen molar-refractivity contribution < 1.29 is 19.1 Å². The van der Waals surface area contributed by atoms with E-state index in [4.69, 9.17) is 32.7 Å². The first-order chi connectivity index (χ1) is 17.0. The average molecular weight is 508 g/mol. The Morgan fingerprint density at radius 2 is 1.60 bits per heavy atom. The van der Waals surface area contributed by atoms with Gasteiger partial charge in [0.1, 0.15) is 18.4 Å². The highest BCUT2D eigenvalue weighted by molar-refractivity contribution is 6.42. The van der Waals surface area contributed by atoms with Crippen LogP contribution in [0, 0.1) is 0 Å². The molecule has 0 radical (unpaired) electrons. The molecule has 4 aromatic rings. The molecule has 0 saturated heterocycles. The maximum absolute atomic E-state index is 13.4. The lowest BCUT2D eigenvalue weighted by atomic mass is 10.0. The Balaban J connectivity index is 1.64. The Morgan fingerprint density at radius 1 is 0.857 bits per heavy atom. The minimum absolute atomic E-state index is 0.176. The third-order valence-corrected chi connectivity index (χ3v) is 6.30. The van der Waals surface area contributed by atoms with Crippen LogP contribution < -0.4 is 10.1 Å². The van der Waals surface area contributed by atoms with Crippen LogP contribution in [-0.4, -0.2) is 25.0 Å². The summed E-state index contributed by atoms with van der Waals surface area (Å²) in [7, 11) is 1.30. The number of nitrogens with one attached hydrogen (secondary N) is 1. The first-order valence-corrected chi connectivity index (χ1v) is 11.7. The number of carbonyl (C=O) groups is 2. The van der Waals surface area contributed by atoms with Gasteiger partial charge in [-0.2, -0.15) is 0 Å². The Kier molecular flexibility index (Phi) is 7.91. The molecule has 7 heteroatoms. The smallest absolute Gasteiger partial charge is 0.328 e. The van der Waals surface area contributed by atoms with Gasteiger partial charge in [-0.3, -0.25) is 4.79 Å². The number of methoxy groups -OCH3 is 1. The van der Waals surface area contributed by atoms with Crippen molar-refractivity contribution in [2.45, 2.75) is 19.1 Å². The molecule has 0 aromatic heterocycles. The van der Waals surface area contributed by atoms with E-state index < -0.39 is 17.9 Å². The van der Waals surface area contributed by atoms with Crippen molar-refractivity contribution in [2.75, 3.05) is 7.11 Å². The highest BCUT2D eigenvalue weighted by Gasteiger charge is 2.25. The number of ether oxygens (including phenoxy) is 2. The zero-order valence-corrected chi connectivity index (χ0v) is 20.5. The van der Waals surface area contributed by atoms with Crippen LogP contribution in [0.3, 0.4) is 0 Å². The van der Waals surface area contributed by atoms with Crippen molar-refractivity contribution in [2.24, 2.45) is 0 Å². The molecule has 35 heavy (non-hydrogen) atoms. The van der Waals surface area contributed by atoms with Gasteiger partial charge in [-0.25, -0.2) is 4.79 Å². The van der Waals surface area contributed by atoms with Gasteiger partial charge in [-0.15, -0.1) is 0 Å². The molecule has 5 nitrogen and oxygen atoms in total. The molecule has 0 aliphatic rings. The predicted octanol–water partition coefficient (Wildman–Crippen LogP) is 6.24. The van der Waals surface area contributed by atoms with E-state index in [0.717, 1.165) is 21.9 Å². The molecule has 4 rings (SSSR count). The number of rotatable bonds is 8. The van der Waals surface area contributed by atoms with Crippen LogP contribution >= 0.6 is 23.2 Å². The number of amides is 1. The third kappa shape index (κ3) is 5.94. The van der Waals surface area contributed by atoms with Gasteiger partial charge in [0.2, 0.25) is 0 Å². The number of hydrogen-bond acceptors (Lipinski definition) is 4. The SMILES string of the molecule is COC(=O)[C@H](Cc1ccccc1)NC(=O)c1ccc2ccccc2c1OCc1ccc(Cl)c(Cl)c1. The van der Waals surface area contributed by atoms with Gasteiger partial charge in [-0.05, 0) is 34.7 Å². The van der Waals surface area contributed by atoms with Crippen molar-refractivity contribution in [3.05, 3.63) is 112 Å². The zero-order valence-electron chi connectivity index (χ0n) is 19.0. The molecule has 1 atom stereocenters. The van der Waals surface area contributed by atoms with Crippen molar-refractivity contribution >= 4 is 45.9 Å². The van der Waals surface area contributed by atoms with Crippen LogP contribution in [0.5, 0.6) is 5.75 Å². The van der Waals surface area contributed by atoms with E-state index in [1.165, 1.54) is 7.11 Å². The van der Waals surface area contributed by atoms with Crippen LogP contribution in [0.2, 0.25) is 10.0 Å². The highest BCUT2D eigenvalue weighted by Crippen LogP contribution is 2.31. The maximum atomic E-state index is 13.4. The van der Waals surface area contributed by atoms with E-state index in [1.54, 1.807) is 18.2 Å². The number of fused-ring (bicyclic) bond motifs is 1. The number of carbonyl (C=O) groups excluding carboxylic acids is 2. The van der Waals surface area contributed by atoms with E-state index in [1.807, 2.05) is 66.7 Å². The summed E-state index contributed by atoms with van der Waals surface area (Å²) in [6, 6.07) is 25.0. The van der Waals surface area contributed by atoms with Crippen LogP contribution in [0.25, 0.3) is 10.8 Å². The van der Waals surface area contributed by atoms with Crippen LogP contribution in [0.1, 0.15) is 21.5 Å². The largest absolute Gasteiger partial charge is 0.487 e. The fourth-order valence-electron chi connectivity index (χ4n) is 3.78. The number of halogens is 2. The first-order valence-electron chi connectivity index (χ1n) is 11.0. The zero-order chi connectivity index (χ0) is 24.8. The lowest BCUT2D eigenvalue weighted by molar-refractivity contribution is -0.142. The van der Waals surface area contributed by atoms with E-state index >= 15 is 0 Å². The fourth-order valence-corrected chi connectivity index (χ4v) is 4.10. The quantitative estimate of drug-likeness (QED) is 0.286. The number of benzene rings is 4. The van der Waals surface area contributed by atoms with Crippen molar-refractivity contribution in [3.8, 4) is 5.75 Å². The third-order valence-electron chi connectivity index (χ3n) is 5.57. The summed E-state index contributed by atoms with van der Waals surface area (Å²) in [5.41, 5.74) is 2.01. The van der Waals surface area contributed by atoms with E-state index in [-0.39, 0.29) is 6.61 Å². The second-order valence-electron chi connectivity index (χ2n) is 7.94. The second kappa shape index (κ2) is 11.3. The monoisotopic (exact) mass is 507 g/mol. The Labute approximate surface area is 213 Å². The molecule has 0 bridgehead atoms. The summed E-state index contributed by atoms with van der Waals surface area (Å²) >= 11 is 12.2. The summed E-state index contributed by atoms with van der Waals surface area (Å²) in [6.07, 6.45) is 0.298. The molecular formula is C28H23Cl2NO4. The fraction of sp³-hybridized carbons (Fsp3) is 0.143. The van der Waals surface area contributed by atoms with Gasteiger partial charge < -0.3 is 14.8 Å². The van der Waals surface area contributed by atoms with Crippen LogP contribution in [0.15, 0.2) is 84.9 Å². The molecule has 1 amide bonds. The number of esters is 1. The Bertz CT molecular complexity index is 1360. The molecule has 0 aliphatic heterocycles. The summed E-state index contributed by atoms with van der Waals surface area (Å²) in [4.78, 5) is 25.9. The number of hydrogen-bond donors (Lipinski definition) is 1. The maximum Gasteiger partial charge on any atom is 0.328 e. The van der Waals surface area contributed by atoms with E-state index in [2.05, 4.69) is 5.32 Å². The predicted molar refractivity (Wildman–Crippen MR) is 138 cm³/mol. The lowest BCUT2D eigenvalue weighted by Crippen LogP contribution is -2.43. The highest BCUT2D eigenvalue weighted by atomic mass is 35.5. The van der Waals surface area contributed by atoms with Gasteiger partial charge in [0.15, 0.2) is 0 Å². The first kappa shape index (κ1) is 24.6. The summed E-state index contributed by atoms with van der Waals surface area (Å²) in [5.74, 6) is -0.553. The molecule has 178 valence electrons. The molecule has 0 saturated carbocycles. The summed E-state index contributed by atoms with van der Waals surface area (Å²) in [6.45, 7) is 0.176. The van der Waals surface area contributed by atoms with Crippen LogP contribution in [0.4, 0.5) is 0 Å². The Morgan fingerprint density at radius 3 is 2.34 bits per heavy atom. The molecule has 0 fully saturated rings. The molecule has 0 unspecified atom stereocenters. The van der Waals surface area contributed by atoms with E-state index in [9.17, 15) is 9.59 Å². The van der Waals surface area contributed by atoms with Gasteiger partial charge in [0, 0.05) is 11.8 Å². The Hall–Kier alpha value is -3.54. The van der Waals surface area contributed by atoms with Gasteiger partial charge in [0.25, 0.3) is 5.91 Å². The average Bonchev–Trinajstić information content (AvgIpc) is 2.88. The van der Waals surface area contributed by atoms with Crippen LogP contribution in [-0.2, 0) is 22.6 Å². The molecule has 1 N–H and O–H groups in total. The minimum Gasteiger partial charge on any atom is -0.487 e. The second-order valence-corrected chi connectivity index (χ2v) is 8.75. The minimum atomic E-state index is -0.857. The molecule has 4 aromatic carbocycles.